The fraction of sp³-hybridized carbons (Fsp3) is 0.444. The van der Waals surface area contributed by atoms with Gasteiger partial charge in [-0.1, -0.05) is 0 Å². The lowest BCUT2D eigenvalue weighted by molar-refractivity contribution is -0.0498. The van der Waals surface area contributed by atoms with E-state index in [-0.39, 0.29) is 10.6 Å². The van der Waals surface area contributed by atoms with Gasteiger partial charge in [0.05, 0.1) is 0 Å². The van der Waals surface area contributed by atoms with Gasteiger partial charge < -0.3 is 15.8 Å². The van der Waals surface area contributed by atoms with Crippen LogP contribution in [0.15, 0.2) is 11.4 Å². The van der Waals surface area contributed by atoms with E-state index in [1.807, 2.05) is 0 Å². The van der Waals surface area contributed by atoms with Crippen LogP contribution >= 0.6 is 11.3 Å². The van der Waals surface area contributed by atoms with Gasteiger partial charge in [0.1, 0.15) is 10.6 Å². The van der Waals surface area contributed by atoms with Crippen LogP contribution in [-0.2, 0) is 0 Å². The van der Waals surface area contributed by atoms with Gasteiger partial charge in [-0.3, -0.25) is 4.79 Å². The Hall–Kier alpha value is -1.21. The number of rotatable bonds is 6. The van der Waals surface area contributed by atoms with Crippen LogP contribution in [0.1, 0.15) is 16.1 Å². The Morgan fingerprint density at radius 1 is 1.62 bits per heavy atom. The molecule has 0 unspecified atom stereocenters. The summed E-state index contributed by atoms with van der Waals surface area (Å²) in [6.45, 7) is -2.04. The Bertz CT molecular complexity index is 344. The van der Waals surface area contributed by atoms with Crippen molar-refractivity contribution in [3.05, 3.63) is 16.3 Å². The highest BCUT2D eigenvalue weighted by Gasteiger charge is 2.16. The molecule has 1 heterocycles. The minimum atomic E-state index is -2.93. The zero-order chi connectivity index (χ0) is 12.0. The Kier molecular flexibility index (Phi) is 5.13. The molecule has 1 rings (SSSR count). The number of halogens is 2. The van der Waals surface area contributed by atoms with Crippen LogP contribution in [0.2, 0.25) is 0 Å². The molecule has 0 spiro atoms. The van der Waals surface area contributed by atoms with Crippen molar-refractivity contribution in [2.75, 3.05) is 13.1 Å². The third kappa shape index (κ3) is 3.74. The first-order valence-corrected chi connectivity index (χ1v) is 5.53. The Balaban J connectivity index is 2.57. The molecule has 0 aliphatic heterocycles. The first-order valence-electron chi connectivity index (χ1n) is 4.65. The molecule has 0 aliphatic carbocycles. The number of amides is 1. The van der Waals surface area contributed by atoms with Crippen LogP contribution in [0, 0.1) is 0 Å². The minimum absolute atomic E-state index is 0.0924. The van der Waals surface area contributed by atoms with E-state index < -0.39 is 12.5 Å². The summed E-state index contributed by atoms with van der Waals surface area (Å²) in [5.41, 5.74) is 5.26. The molecule has 0 fully saturated rings. The van der Waals surface area contributed by atoms with E-state index in [4.69, 9.17) is 5.73 Å². The average Bonchev–Trinajstić information content (AvgIpc) is 2.65. The largest absolute Gasteiger partial charge is 0.433 e. The molecule has 1 amide bonds. The third-order valence-corrected chi connectivity index (χ3v) is 2.61. The Morgan fingerprint density at radius 2 is 2.38 bits per heavy atom. The molecular weight excluding hydrogens is 238 g/mol. The van der Waals surface area contributed by atoms with Gasteiger partial charge in [-0.15, -0.1) is 11.3 Å². The number of carbonyl (C=O) groups is 1. The molecule has 0 radical (unpaired) electrons. The van der Waals surface area contributed by atoms with Crippen LogP contribution in [-0.4, -0.2) is 25.6 Å². The van der Waals surface area contributed by atoms with Crippen molar-refractivity contribution >= 4 is 17.2 Å². The summed E-state index contributed by atoms with van der Waals surface area (Å²) >= 11 is 1.06. The molecule has 3 N–H and O–H groups in total. The fourth-order valence-electron chi connectivity index (χ4n) is 1.04. The summed E-state index contributed by atoms with van der Waals surface area (Å²) in [4.78, 5) is 11.7. The van der Waals surface area contributed by atoms with Gasteiger partial charge in [0, 0.05) is 6.54 Å². The van der Waals surface area contributed by atoms with E-state index in [9.17, 15) is 13.6 Å². The van der Waals surface area contributed by atoms with Crippen LogP contribution in [0.25, 0.3) is 0 Å². The van der Waals surface area contributed by atoms with Crippen molar-refractivity contribution < 1.29 is 18.3 Å². The van der Waals surface area contributed by atoms with Crippen molar-refractivity contribution in [2.45, 2.75) is 13.0 Å². The molecule has 7 heteroatoms. The molecule has 90 valence electrons. The number of carbonyl (C=O) groups excluding carboxylic acids is 1. The lowest BCUT2D eigenvalue weighted by Gasteiger charge is -2.06. The topological polar surface area (TPSA) is 64.3 Å². The van der Waals surface area contributed by atoms with Crippen molar-refractivity contribution in [3.63, 3.8) is 0 Å². The van der Waals surface area contributed by atoms with E-state index in [1.165, 1.54) is 11.4 Å². The average molecular weight is 250 g/mol. The number of nitrogens with one attached hydrogen (secondary N) is 1. The second kappa shape index (κ2) is 6.39. The summed E-state index contributed by atoms with van der Waals surface area (Å²) in [6.07, 6.45) is 0.641. The maximum absolute atomic E-state index is 12.0. The van der Waals surface area contributed by atoms with Crippen LogP contribution in [0.5, 0.6) is 5.75 Å². The SMILES string of the molecule is NCCCNC(=O)c1sccc1OC(F)F. The summed E-state index contributed by atoms with van der Waals surface area (Å²) in [5, 5.41) is 4.09. The van der Waals surface area contributed by atoms with E-state index in [0.717, 1.165) is 11.3 Å². The number of hydrogen-bond donors (Lipinski definition) is 2. The smallest absolute Gasteiger partial charge is 0.387 e. The molecule has 0 aliphatic rings. The molecule has 16 heavy (non-hydrogen) atoms. The van der Waals surface area contributed by atoms with Crippen LogP contribution in [0.3, 0.4) is 0 Å². The second-order valence-electron chi connectivity index (χ2n) is 2.89. The molecule has 0 saturated carbocycles. The van der Waals surface area contributed by atoms with Crippen molar-refractivity contribution in [2.24, 2.45) is 5.73 Å². The van der Waals surface area contributed by atoms with Gasteiger partial charge in [-0.2, -0.15) is 8.78 Å². The monoisotopic (exact) mass is 250 g/mol. The van der Waals surface area contributed by atoms with Crippen molar-refractivity contribution in [3.8, 4) is 5.75 Å². The summed E-state index contributed by atoms with van der Waals surface area (Å²) < 4.78 is 28.2. The zero-order valence-electron chi connectivity index (χ0n) is 8.41. The highest BCUT2D eigenvalue weighted by atomic mass is 32.1. The summed E-state index contributed by atoms with van der Waals surface area (Å²) in [5.74, 6) is -0.510. The van der Waals surface area contributed by atoms with Crippen molar-refractivity contribution in [1.82, 2.24) is 5.32 Å². The summed E-state index contributed by atoms with van der Waals surface area (Å²) in [7, 11) is 0. The summed E-state index contributed by atoms with van der Waals surface area (Å²) in [6, 6.07) is 1.34. The number of ether oxygens (including phenoxy) is 1. The van der Waals surface area contributed by atoms with Crippen molar-refractivity contribution in [1.29, 1.82) is 0 Å². The molecule has 1 aromatic heterocycles. The normalized spacial score (nSPS) is 10.5. The van der Waals surface area contributed by atoms with Gasteiger partial charge in [0.25, 0.3) is 5.91 Å². The first kappa shape index (κ1) is 12.9. The van der Waals surface area contributed by atoms with Crippen LogP contribution < -0.4 is 15.8 Å². The van der Waals surface area contributed by atoms with Gasteiger partial charge in [0.2, 0.25) is 0 Å². The Labute approximate surface area is 95.4 Å². The Morgan fingerprint density at radius 3 is 3.00 bits per heavy atom. The zero-order valence-corrected chi connectivity index (χ0v) is 9.23. The standard InChI is InChI=1S/C9H12F2N2O2S/c10-9(11)15-6-2-5-16-7(6)8(14)13-4-1-3-12/h2,5,9H,1,3-4,12H2,(H,13,14). The minimum Gasteiger partial charge on any atom is -0.433 e. The lowest BCUT2D eigenvalue weighted by Crippen LogP contribution is -2.25. The van der Waals surface area contributed by atoms with Gasteiger partial charge in [-0.05, 0) is 24.4 Å². The van der Waals surface area contributed by atoms with Crippen LogP contribution in [0.4, 0.5) is 8.78 Å². The van der Waals surface area contributed by atoms with Gasteiger partial charge >= 0.3 is 6.61 Å². The molecule has 1 aromatic rings. The van der Waals surface area contributed by atoms with E-state index in [1.54, 1.807) is 0 Å². The van der Waals surface area contributed by atoms with Gasteiger partial charge in [0.15, 0.2) is 0 Å². The number of thiophene rings is 1. The maximum Gasteiger partial charge on any atom is 0.387 e. The first-order chi connectivity index (χ1) is 7.65. The number of alkyl halides is 2. The quantitative estimate of drug-likeness (QED) is 0.751. The fourth-order valence-corrected chi connectivity index (χ4v) is 1.78. The van der Waals surface area contributed by atoms with E-state index in [0.29, 0.717) is 19.5 Å². The van der Waals surface area contributed by atoms with Gasteiger partial charge in [-0.25, -0.2) is 0 Å². The molecule has 0 bridgehead atoms. The molecule has 0 saturated heterocycles. The number of nitrogens with two attached hydrogens (primary N) is 1. The highest BCUT2D eigenvalue weighted by Crippen LogP contribution is 2.26. The number of hydrogen-bond acceptors (Lipinski definition) is 4. The van der Waals surface area contributed by atoms with E-state index in [2.05, 4.69) is 10.1 Å². The lowest BCUT2D eigenvalue weighted by atomic mass is 10.3. The van der Waals surface area contributed by atoms with E-state index >= 15 is 0 Å². The predicted molar refractivity (Wildman–Crippen MR) is 57.0 cm³/mol. The molecule has 0 aromatic carbocycles. The maximum atomic E-state index is 12.0. The molecule has 4 nitrogen and oxygen atoms in total. The highest BCUT2D eigenvalue weighted by molar-refractivity contribution is 7.12. The molecule has 0 atom stereocenters. The third-order valence-electron chi connectivity index (χ3n) is 1.72. The second-order valence-corrected chi connectivity index (χ2v) is 3.81. The predicted octanol–water partition coefficient (Wildman–Crippen LogP) is 1.43. The molecular formula is C9H12F2N2O2S.